The Labute approximate surface area is 93.8 Å². The van der Waals surface area contributed by atoms with Crippen molar-refractivity contribution >= 4 is 11.9 Å². The van der Waals surface area contributed by atoms with Crippen LogP contribution in [-0.2, 0) is 28.5 Å². The average Bonchev–Trinajstić information content (AvgIpc) is 2.28. The molecule has 92 valence electrons. The summed E-state index contributed by atoms with van der Waals surface area (Å²) in [5.41, 5.74) is 0. The Bertz CT molecular complexity index is 283. The highest BCUT2D eigenvalue weighted by Gasteiger charge is 2.63. The molecule has 1 fully saturated rings. The Morgan fingerprint density at radius 2 is 1.50 bits per heavy atom. The molecule has 0 bridgehead atoms. The molecule has 0 aromatic carbocycles. The molecule has 0 amide bonds. The van der Waals surface area contributed by atoms with Gasteiger partial charge in [-0.1, -0.05) is 0 Å². The predicted octanol–water partition coefficient (Wildman–Crippen LogP) is -0.0424. The zero-order chi connectivity index (χ0) is 12.3. The zero-order valence-electron chi connectivity index (χ0n) is 9.81. The molecule has 0 spiro atoms. The van der Waals surface area contributed by atoms with Crippen molar-refractivity contribution in [2.75, 3.05) is 28.4 Å². The van der Waals surface area contributed by atoms with Crippen molar-refractivity contribution in [1.82, 2.24) is 0 Å². The first-order valence-corrected chi connectivity index (χ1v) is 4.82. The van der Waals surface area contributed by atoms with Crippen molar-refractivity contribution < 1.29 is 28.5 Å². The molecule has 2 atom stereocenters. The first-order valence-electron chi connectivity index (χ1n) is 4.82. The van der Waals surface area contributed by atoms with E-state index < -0.39 is 29.6 Å². The van der Waals surface area contributed by atoms with Gasteiger partial charge < -0.3 is 18.9 Å². The summed E-state index contributed by atoms with van der Waals surface area (Å²) in [4.78, 5) is 23.0. The van der Waals surface area contributed by atoms with E-state index in [1.165, 1.54) is 28.4 Å². The molecule has 16 heavy (non-hydrogen) atoms. The van der Waals surface area contributed by atoms with Crippen LogP contribution in [0.3, 0.4) is 0 Å². The third kappa shape index (κ3) is 1.78. The van der Waals surface area contributed by atoms with Crippen LogP contribution >= 0.6 is 0 Å². The summed E-state index contributed by atoms with van der Waals surface area (Å²) < 4.78 is 19.5. The SMILES string of the molecule is COC(=O)[C@@H]1CC(OC)(OC)[C@H]1C(=O)OC. The van der Waals surface area contributed by atoms with Crippen LogP contribution in [-0.4, -0.2) is 46.2 Å². The zero-order valence-corrected chi connectivity index (χ0v) is 9.81. The molecule has 0 aliphatic heterocycles. The minimum Gasteiger partial charge on any atom is -0.469 e. The lowest BCUT2D eigenvalue weighted by atomic mass is 9.67. The highest BCUT2D eigenvalue weighted by molar-refractivity contribution is 5.85. The fraction of sp³-hybridized carbons (Fsp3) is 0.800. The highest BCUT2D eigenvalue weighted by Crippen LogP contribution is 2.48. The largest absolute Gasteiger partial charge is 0.469 e. The summed E-state index contributed by atoms with van der Waals surface area (Å²) in [5, 5.41) is 0. The molecule has 1 saturated carbocycles. The molecule has 0 aromatic heterocycles. The van der Waals surface area contributed by atoms with Crippen molar-refractivity contribution in [1.29, 1.82) is 0 Å². The van der Waals surface area contributed by atoms with Gasteiger partial charge in [0.25, 0.3) is 0 Å². The summed E-state index contributed by atoms with van der Waals surface area (Å²) in [5.74, 6) is -3.42. The first kappa shape index (κ1) is 12.9. The van der Waals surface area contributed by atoms with Gasteiger partial charge in [0.15, 0.2) is 5.79 Å². The van der Waals surface area contributed by atoms with Gasteiger partial charge in [0.05, 0.1) is 20.1 Å². The maximum Gasteiger partial charge on any atom is 0.315 e. The summed E-state index contributed by atoms with van der Waals surface area (Å²) in [6.07, 6.45) is 0.284. The lowest BCUT2D eigenvalue weighted by Crippen LogP contribution is -2.62. The number of rotatable bonds is 4. The summed E-state index contributed by atoms with van der Waals surface area (Å²) in [6, 6.07) is 0. The molecule has 0 heterocycles. The van der Waals surface area contributed by atoms with E-state index in [1.54, 1.807) is 0 Å². The van der Waals surface area contributed by atoms with Gasteiger partial charge in [0.1, 0.15) is 5.92 Å². The van der Waals surface area contributed by atoms with Gasteiger partial charge in [0.2, 0.25) is 0 Å². The van der Waals surface area contributed by atoms with Gasteiger partial charge in [-0.05, 0) is 0 Å². The number of carbonyl (C=O) groups excluding carboxylic acids is 2. The summed E-state index contributed by atoms with van der Waals surface area (Å²) in [6.45, 7) is 0. The number of esters is 2. The average molecular weight is 232 g/mol. The number of hydrogen-bond donors (Lipinski definition) is 0. The lowest BCUT2D eigenvalue weighted by molar-refractivity contribution is -0.304. The van der Waals surface area contributed by atoms with Gasteiger partial charge in [-0.2, -0.15) is 0 Å². The maximum absolute atomic E-state index is 11.6. The van der Waals surface area contributed by atoms with Gasteiger partial charge in [0, 0.05) is 20.6 Å². The molecular formula is C10H16O6. The summed E-state index contributed by atoms with van der Waals surface area (Å²) >= 11 is 0. The second kappa shape index (κ2) is 4.80. The van der Waals surface area contributed by atoms with E-state index in [-0.39, 0.29) is 6.42 Å². The lowest BCUT2D eigenvalue weighted by Gasteiger charge is -2.49. The number of carbonyl (C=O) groups is 2. The van der Waals surface area contributed by atoms with E-state index in [1.807, 2.05) is 0 Å². The van der Waals surface area contributed by atoms with Crippen LogP contribution in [0.1, 0.15) is 6.42 Å². The summed E-state index contributed by atoms with van der Waals surface area (Å²) in [7, 11) is 5.38. The van der Waals surface area contributed by atoms with E-state index in [0.717, 1.165) is 0 Å². The minimum atomic E-state index is -1.08. The van der Waals surface area contributed by atoms with Crippen molar-refractivity contribution in [3.05, 3.63) is 0 Å². The molecule has 1 aliphatic carbocycles. The van der Waals surface area contributed by atoms with Crippen LogP contribution < -0.4 is 0 Å². The smallest absolute Gasteiger partial charge is 0.315 e. The number of methoxy groups -OCH3 is 4. The third-order valence-electron chi connectivity index (χ3n) is 3.03. The van der Waals surface area contributed by atoms with E-state index in [4.69, 9.17) is 9.47 Å². The Kier molecular flexibility index (Phi) is 3.88. The van der Waals surface area contributed by atoms with Crippen LogP contribution in [0.4, 0.5) is 0 Å². The molecule has 0 saturated heterocycles. The first-order chi connectivity index (χ1) is 7.56. The van der Waals surface area contributed by atoms with Gasteiger partial charge in [-0.15, -0.1) is 0 Å². The quantitative estimate of drug-likeness (QED) is 0.500. The van der Waals surface area contributed by atoms with Crippen LogP contribution in [0.15, 0.2) is 0 Å². The molecule has 0 radical (unpaired) electrons. The predicted molar refractivity (Wildman–Crippen MR) is 52.4 cm³/mol. The van der Waals surface area contributed by atoms with Gasteiger partial charge >= 0.3 is 11.9 Å². The molecule has 1 aliphatic rings. The van der Waals surface area contributed by atoms with Crippen LogP contribution in [0.5, 0.6) is 0 Å². The normalized spacial score (nSPS) is 26.8. The van der Waals surface area contributed by atoms with E-state index >= 15 is 0 Å². The minimum absolute atomic E-state index is 0.284. The Balaban J connectivity index is 2.88. The molecule has 6 heteroatoms. The molecule has 0 aromatic rings. The second-order valence-electron chi connectivity index (χ2n) is 3.55. The van der Waals surface area contributed by atoms with Gasteiger partial charge in [-0.3, -0.25) is 9.59 Å². The Morgan fingerprint density at radius 1 is 1.00 bits per heavy atom. The molecule has 0 N–H and O–H groups in total. The Hall–Kier alpha value is -1.14. The van der Waals surface area contributed by atoms with Crippen LogP contribution in [0, 0.1) is 11.8 Å². The van der Waals surface area contributed by atoms with Crippen molar-refractivity contribution in [2.24, 2.45) is 11.8 Å². The topological polar surface area (TPSA) is 71.1 Å². The number of ether oxygens (including phenoxy) is 4. The molecule has 6 nitrogen and oxygen atoms in total. The van der Waals surface area contributed by atoms with Crippen molar-refractivity contribution in [2.45, 2.75) is 12.2 Å². The Morgan fingerprint density at radius 3 is 1.88 bits per heavy atom. The van der Waals surface area contributed by atoms with Crippen molar-refractivity contribution in [3.63, 3.8) is 0 Å². The number of hydrogen-bond acceptors (Lipinski definition) is 6. The third-order valence-corrected chi connectivity index (χ3v) is 3.03. The van der Waals surface area contributed by atoms with Gasteiger partial charge in [-0.25, -0.2) is 0 Å². The van der Waals surface area contributed by atoms with E-state index in [2.05, 4.69) is 9.47 Å². The molecule has 1 rings (SSSR count). The standard InChI is InChI=1S/C10H16O6/c1-13-8(11)6-5-10(15-3,16-4)7(6)9(12)14-2/h6-7H,5H2,1-4H3/t6-,7-/m1/s1. The fourth-order valence-electron chi connectivity index (χ4n) is 2.04. The van der Waals surface area contributed by atoms with E-state index in [0.29, 0.717) is 0 Å². The molecular weight excluding hydrogens is 216 g/mol. The highest BCUT2D eigenvalue weighted by atomic mass is 16.7. The van der Waals surface area contributed by atoms with Crippen molar-refractivity contribution in [3.8, 4) is 0 Å². The maximum atomic E-state index is 11.6. The van der Waals surface area contributed by atoms with Crippen LogP contribution in [0.2, 0.25) is 0 Å². The van der Waals surface area contributed by atoms with Crippen LogP contribution in [0.25, 0.3) is 0 Å². The van der Waals surface area contributed by atoms with E-state index in [9.17, 15) is 9.59 Å². The molecule has 0 unspecified atom stereocenters. The fourth-order valence-corrected chi connectivity index (χ4v) is 2.04. The monoisotopic (exact) mass is 232 g/mol. The second-order valence-corrected chi connectivity index (χ2v) is 3.55.